The molecule has 1 fully saturated rings. The number of hydrogen-bond acceptors (Lipinski definition) is 5. The second-order valence-corrected chi connectivity index (χ2v) is 10.9. The molecule has 4 rings (SSSR count). The molecule has 2 aliphatic rings. The molecule has 33 heavy (non-hydrogen) atoms. The van der Waals surface area contributed by atoms with E-state index in [4.69, 9.17) is 0 Å². The number of hydrogen-bond donors (Lipinski definition) is 2. The Kier molecular flexibility index (Phi) is 6.00. The average molecular weight is 469 g/mol. The zero-order chi connectivity index (χ0) is 23.8. The summed E-state index contributed by atoms with van der Waals surface area (Å²) < 4.78 is 29.7. The van der Waals surface area contributed by atoms with Crippen molar-refractivity contribution in [3.8, 4) is 0 Å². The minimum absolute atomic E-state index is 0.0481. The maximum Gasteiger partial charge on any atom is 0.286 e. The minimum Gasteiger partial charge on any atom is -0.328 e. The molecule has 0 aliphatic carbocycles. The van der Waals surface area contributed by atoms with Gasteiger partial charge in [0.05, 0.1) is 5.69 Å². The summed E-state index contributed by atoms with van der Waals surface area (Å²) in [5, 5.41) is 5.61. The van der Waals surface area contributed by atoms with Crippen molar-refractivity contribution in [3.05, 3.63) is 48.0 Å². The number of amides is 2. The number of carbonyl (C=O) groups excluding carboxylic acids is 2. The van der Waals surface area contributed by atoms with Crippen LogP contribution in [0.1, 0.15) is 56.8 Å². The van der Waals surface area contributed by atoms with E-state index >= 15 is 0 Å². The summed E-state index contributed by atoms with van der Waals surface area (Å²) in [5.74, 6) is -0.0106. The van der Waals surface area contributed by atoms with Gasteiger partial charge < -0.3 is 15.5 Å². The molecule has 174 valence electrons. The lowest BCUT2D eigenvalue weighted by Gasteiger charge is -2.29. The van der Waals surface area contributed by atoms with Crippen molar-refractivity contribution in [2.24, 2.45) is 9.81 Å². The molecular formula is C24H28N4O4S. The van der Waals surface area contributed by atoms with Crippen molar-refractivity contribution in [3.63, 3.8) is 0 Å². The van der Waals surface area contributed by atoms with E-state index in [0.717, 1.165) is 19.3 Å². The Morgan fingerprint density at radius 1 is 0.970 bits per heavy atom. The van der Waals surface area contributed by atoms with Gasteiger partial charge in [-0.2, -0.15) is 8.42 Å². The Balaban J connectivity index is 1.57. The summed E-state index contributed by atoms with van der Waals surface area (Å²) in [6.07, 6.45) is 3.53. The van der Waals surface area contributed by atoms with E-state index in [9.17, 15) is 18.0 Å². The highest BCUT2D eigenvalue weighted by Crippen LogP contribution is 2.35. The van der Waals surface area contributed by atoms with Crippen LogP contribution in [0.15, 0.2) is 51.8 Å². The van der Waals surface area contributed by atoms with Crippen molar-refractivity contribution < 1.29 is 18.0 Å². The third-order valence-electron chi connectivity index (χ3n) is 5.67. The van der Waals surface area contributed by atoms with Crippen LogP contribution in [0.3, 0.4) is 0 Å². The molecule has 0 atom stereocenters. The van der Waals surface area contributed by atoms with Crippen LogP contribution in [0.25, 0.3) is 0 Å². The third-order valence-corrected chi connectivity index (χ3v) is 7.00. The van der Waals surface area contributed by atoms with Gasteiger partial charge in [0.15, 0.2) is 0 Å². The van der Waals surface area contributed by atoms with Crippen molar-refractivity contribution in [1.29, 1.82) is 0 Å². The highest BCUT2D eigenvalue weighted by atomic mass is 32.2. The van der Waals surface area contributed by atoms with E-state index in [0.29, 0.717) is 35.9 Å². The van der Waals surface area contributed by atoms with E-state index in [1.807, 2.05) is 25.7 Å². The van der Waals surface area contributed by atoms with Crippen molar-refractivity contribution in [2.75, 3.05) is 22.1 Å². The Bertz CT molecular complexity index is 1250. The second-order valence-electron chi connectivity index (χ2n) is 9.37. The molecular weight excluding hydrogens is 440 g/mol. The van der Waals surface area contributed by atoms with Gasteiger partial charge in [-0.3, -0.25) is 9.59 Å². The molecule has 0 spiro atoms. The largest absolute Gasteiger partial charge is 0.328 e. The molecule has 2 amide bonds. The van der Waals surface area contributed by atoms with Crippen LogP contribution < -0.4 is 15.5 Å². The van der Waals surface area contributed by atoms with Gasteiger partial charge in [-0.1, -0.05) is 33.3 Å². The van der Waals surface area contributed by atoms with Crippen LogP contribution in [0.4, 0.5) is 17.1 Å². The molecule has 2 N–H and O–H groups in total. The number of nitrogens with one attached hydrogen (secondary N) is 2. The molecule has 2 aromatic carbocycles. The van der Waals surface area contributed by atoms with E-state index in [-0.39, 0.29) is 16.4 Å². The number of rotatable bonds is 3. The van der Waals surface area contributed by atoms with Crippen molar-refractivity contribution in [1.82, 2.24) is 0 Å². The van der Waals surface area contributed by atoms with Crippen LogP contribution in [0.2, 0.25) is 0 Å². The predicted octanol–water partition coefficient (Wildman–Crippen LogP) is 4.40. The lowest BCUT2D eigenvalue weighted by molar-refractivity contribution is -0.123. The molecule has 2 aliphatic heterocycles. The smallest absolute Gasteiger partial charge is 0.286 e. The Morgan fingerprint density at radius 3 is 2.42 bits per heavy atom. The molecule has 0 unspecified atom stereocenters. The summed E-state index contributed by atoms with van der Waals surface area (Å²) in [6, 6.07) is 11.5. The zero-order valence-corrected chi connectivity index (χ0v) is 19.8. The molecule has 0 saturated carbocycles. The van der Waals surface area contributed by atoms with E-state index in [1.165, 1.54) is 6.07 Å². The maximum atomic E-state index is 12.9. The highest BCUT2D eigenvalue weighted by molar-refractivity contribution is 7.90. The first-order valence-corrected chi connectivity index (χ1v) is 12.5. The van der Waals surface area contributed by atoms with Gasteiger partial charge >= 0.3 is 0 Å². The maximum absolute atomic E-state index is 12.9. The van der Waals surface area contributed by atoms with Gasteiger partial charge in [-0.15, -0.1) is 4.40 Å². The van der Waals surface area contributed by atoms with Gasteiger partial charge in [-0.25, -0.2) is 0 Å². The van der Waals surface area contributed by atoms with Crippen LogP contribution >= 0.6 is 0 Å². The summed E-state index contributed by atoms with van der Waals surface area (Å²) in [5.41, 5.74) is 1.29. The quantitative estimate of drug-likeness (QED) is 0.694. The fourth-order valence-electron chi connectivity index (χ4n) is 3.82. The molecule has 0 aromatic heterocycles. The van der Waals surface area contributed by atoms with Crippen LogP contribution in [0, 0.1) is 5.41 Å². The Hall–Kier alpha value is -3.20. The molecule has 2 aromatic rings. The first-order chi connectivity index (χ1) is 15.5. The van der Waals surface area contributed by atoms with Gasteiger partial charge in [0.1, 0.15) is 10.7 Å². The van der Waals surface area contributed by atoms with Gasteiger partial charge in [0.25, 0.3) is 15.9 Å². The van der Waals surface area contributed by atoms with Crippen LogP contribution in [-0.4, -0.2) is 32.6 Å². The molecule has 0 bridgehead atoms. The Morgan fingerprint density at radius 2 is 1.70 bits per heavy atom. The van der Waals surface area contributed by atoms with Gasteiger partial charge in [-0.05, 0) is 49.2 Å². The summed E-state index contributed by atoms with van der Waals surface area (Å²) in [7, 11) is -3.87. The first kappa shape index (κ1) is 23.0. The van der Waals surface area contributed by atoms with Crippen LogP contribution in [0.5, 0.6) is 0 Å². The summed E-state index contributed by atoms with van der Waals surface area (Å²) >= 11 is 0. The second kappa shape index (κ2) is 8.62. The SMILES string of the molecule is CC(C)(C)C(=O)Nc1cccc(NC(=O)c2ccc3c(c2)S(=O)(=O)N=C2CCCCCN23)c1. The van der Waals surface area contributed by atoms with Crippen molar-refractivity contribution >= 4 is 44.7 Å². The molecule has 8 nitrogen and oxygen atoms in total. The lowest BCUT2D eigenvalue weighted by Crippen LogP contribution is -2.35. The molecule has 2 heterocycles. The van der Waals surface area contributed by atoms with Crippen LogP contribution in [-0.2, 0) is 14.8 Å². The number of amidine groups is 1. The Labute approximate surface area is 194 Å². The molecule has 9 heteroatoms. The number of anilines is 3. The molecule has 1 saturated heterocycles. The number of benzene rings is 2. The topological polar surface area (TPSA) is 108 Å². The molecule has 0 radical (unpaired) electrons. The number of nitrogens with zero attached hydrogens (tertiary/aromatic N) is 2. The van der Waals surface area contributed by atoms with Gasteiger partial charge in [0, 0.05) is 35.3 Å². The van der Waals surface area contributed by atoms with Crippen molar-refractivity contribution in [2.45, 2.75) is 51.3 Å². The number of carbonyl (C=O) groups is 2. The van der Waals surface area contributed by atoms with E-state index < -0.39 is 21.3 Å². The standard InChI is InChI=1S/C24H28N4O4S/c1-24(2,3)23(30)26-18-9-7-8-17(15-18)25-22(29)16-11-12-19-20(14-16)33(31,32)27-21-10-5-4-6-13-28(19)21/h7-9,11-12,14-15H,4-6,10,13H2,1-3H3,(H,25,29)(H,26,30). The van der Waals surface area contributed by atoms with E-state index in [1.54, 1.807) is 36.4 Å². The summed E-state index contributed by atoms with van der Waals surface area (Å²) in [4.78, 5) is 27.1. The monoisotopic (exact) mass is 468 g/mol. The lowest BCUT2D eigenvalue weighted by atomic mass is 9.95. The third kappa shape index (κ3) is 4.93. The van der Waals surface area contributed by atoms with Gasteiger partial charge in [0.2, 0.25) is 5.91 Å². The first-order valence-electron chi connectivity index (χ1n) is 11.0. The fourth-order valence-corrected chi connectivity index (χ4v) is 5.10. The van der Waals surface area contributed by atoms with E-state index in [2.05, 4.69) is 15.0 Å². The fraction of sp³-hybridized carbons (Fsp3) is 0.375. The predicted molar refractivity (Wildman–Crippen MR) is 129 cm³/mol. The highest BCUT2D eigenvalue weighted by Gasteiger charge is 2.32. The minimum atomic E-state index is -3.87. The summed E-state index contributed by atoms with van der Waals surface area (Å²) in [6.45, 7) is 6.16. The number of fused-ring (bicyclic) bond motifs is 3. The average Bonchev–Trinajstić information content (AvgIpc) is 2.98. The number of sulfonamides is 1. The normalized spacial score (nSPS) is 17.2. The zero-order valence-electron chi connectivity index (χ0n) is 19.0.